The number of anilines is 3. The molecule has 0 aliphatic carbocycles. The van der Waals surface area contributed by atoms with Crippen molar-refractivity contribution in [3.63, 3.8) is 0 Å². The zero-order valence-electron chi connectivity index (χ0n) is 7.63. The van der Waals surface area contributed by atoms with E-state index in [9.17, 15) is 0 Å². The fourth-order valence-corrected chi connectivity index (χ4v) is 2.30. The van der Waals surface area contributed by atoms with Gasteiger partial charge in [-0.15, -0.1) is 11.3 Å². The van der Waals surface area contributed by atoms with Crippen LogP contribution in [0.2, 0.25) is 9.36 Å². The van der Waals surface area contributed by atoms with Gasteiger partial charge in [0.05, 0.1) is 20.7 Å². The van der Waals surface area contributed by atoms with Gasteiger partial charge in [-0.05, 0) is 30.3 Å². The van der Waals surface area contributed by atoms with E-state index < -0.39 is 0 Å². The lowest BCUT2D eigenvalue weighted by Gasteiger charge is -2.06. The Labute approximate surface area is 102 Å². The molecule has 0 radical (unpaired) electrons. The zero-order chi connectivity index (χ0) is 10.8. The molecular weight excluding hydrogens is 251 g/mol. The molecular formula is C10H8Cl2N2S. The molecule has 2 rings (SSSR count). The van der Waals surface area contributed by atoms with Crippen molar-refractivity contribution in [1.29, 1.82) is 0 Å². The summed E-state index contributed by atoms with van der Waals surface area (Å²) >= 11 is 13.1. The van der Waals surface area contributed by atoms with E-state index in [1.807, 2.05) is 18.2 Å². The normalized spacial score (nSPS) is 10.3. The van der Waals surface area contributed by atoms with Crippen LogP contribution in [0.3, 0.4) is 0 Å². The second-order valence-corrected chi connectivity index (χ2v) is 5.11. The number of hydrogen-bond donors (Lipinski definition) is 2. The molecule has 0 spiro atoms. The smallest absolute Gasteiger partial charge is 0.0950 e. The average molecular weight is 259 g/mol. The van der Waals surface area contributed by atoms with Crippen molar-refractivity contribution in [2.75, 3.05) is 11.1 Å². The van der Waals surface area contributed by atoms with Gasteiger partial charge in [-0.3, -0.25) is 0 Å². The molecule has 0 atom stereocenters. The van der Waals surface area contributed by atoms with E-state index in [1.165, 1.54) is 11.3 Å². The molecule has 0 aliphatic heterocycles. The van der Waals surface area contributed by atoms with Gasteiger partial charge in [0.15, 0.2) is 0 Å². The predicted molar refractivity (Wildman–Crippen MR) is 68.5 cm³/mol. The summed E-state index contributed by atoms with van der Waals surface area (Å²) in [4.78, 5) is 0. The van der Waals surface area contributed by atoms with Crippen molar-refractivity contribution in [2.24, 2.45) is 0 Å². The maximum absolute atomic E-state index is 5.82. The summed E-state index contributed by atoms with van der Waals surface area (Å²) in [5.74, 6) is 0. The Morgan fingerprint density at radius 3 is 2.53 bits per heavy atom. The Morgan fingerprint density at radius 1 is 1.13 bits per heavy atom. The molecule has 0 fully saturated rings. The van der Waals surface area contributed by atoms with Crippen LogP contribution in [0.4, 0.5) is 16.4 Å². The van der Waals surface area contributed by atoms with Gasteiger partial charge in [0.2, 0.25) is 0 Å². The highest BCUT2D eigenvalue weighted by molar-refractivity contribution is 7.19. The number of nitrogens with two attached hydrogens (primary N) is 1. The summed E-state index contributed by atoms with van der Waals surface area (Å²) in [7, 11) is 0. The van der Waals surface area contributed by atoms with Crippen molar-refractivity contribution in [3.8, 4) is 0 Å². The number of rotatable bonds is 2. The molecule has 5 heteroatoms. The van der Waals surface area contributed by atoms with Crippen LogP contribution in [0.15, 0.2) is 30.3 Å². The summed E-state index contributed by atoms with van der Waals surface area (Å²) in [5, 5.41) is 4.75. The maximum atomic E-state index is 5.82. The van der Waals surface area contributed by atoms with Gasteiger partial charge in [0.25, 0.3) is 0 Å². The quantitative estimate of drug-likeness (QED) is 0.785. The second-order valence-electron chi connectivity index (χ2n) is 2.96. The zero-order valence-corrected chi connectivity index (χ0v) is 9.96. The molecule has 1 aromatic heterocycles. The molecule has 0 bridgehead atoms. The van der Waals surface area contributed by atoms with E-state index in [0.717, 1.165) is 15.0 Å². The molecule has 0 unspecified atom stereocenters. The predicted octanol–water partition coefficient (Wildman–Crippen LogP) is 4.38. The lowest BCUT2D eigenvalue weighted by atomic mass is 10.3. The Hall–Kier alpha value is -0.900. The van der Waals surface area contributed by atoms with E-state index in [2.05, 4.69) is 5.32 Å². The molecule has 0 saturated heterocycles. The van der Waals surface area contributed by atoms with Crippen LogP contribution in [0, 0.1) is 0 Å². The van der Waals surface area contributed by atoms with E-state index in [1.54, 1.807) is 12.1 Å². The average Bonchev–Trinajstić information content (AvgIpc) is 2.56. The van der Waals surface area contributed by atoms with Gasteiger partial charge in [0, 0.05) is 5.02 Å². The standard InChI is InChI=1S/C10H8Cl2N2S/c11-6-1-2-8(7(13)5-6)14-10-4-3-9(12)15-10/h1-5,14H,13H2. The highest BCUT2D eigenvalue weighted by Gasteiger charge is 2.02. The molecule has 1 heterocycles. The van der Waals surface area contributed by atoms with Gasteiger partial charge in [-0.1, -0.05) is 23.2 Å². The molecule has 1 aromatic carbocycles. The van der Waals surface area contributed by atoms with Crippen LogP contribution < -0.4 is 11.1 Å². The Morgan fingerprint density at radius 2 is 1.93 bits per heavy atom. The fraction of sp³-hybridized carbons (Fsp3) is 0. The first-order chi connectivity index (χ1) is 7.15. The van der Waals surface area contributed by atoms with Crippen LogP contribution in [-0.2, 0) is 0 Å². The van der Waals surface area contributed by atoms with Gasteiger partial charge >= 0.3 is 0 Å². The number of thiophene rings is 1. The summed E-state index contributed by atoms with van der Waals surface area (Å²) in [6, 6.07) is 9.07. The number of nitrogens with one attached hydrogen (secondary N) is 1. The first-order valence-corrected chi connectivity index (χ1v) is 5.80. The topological polar surface area (TPSA) is 38.0 Å². The molecule has 78 valence electrons. The number of halogens is 2. The largest absolute Gasteiger partial charge is 0.397 e. The fourth-order valence-electron chi connectivity index (χ4n) is 1.16. The first-order valence-electron chi connectivity index (χ1n) is 4.22. The van der Waals surface area contributed by atoms with Crippen LogP contribution in [0.1, 0.15) is 0 Å². The van der Waals surface area contributed by atoms with Crippen LogP contribution in [-0.4, -0.2) is 0 Å². The van der Waals surface area contributed by atoms with Gasteiger partial charge in [-0.25, -0.2) is 0 Å². The third-order valence-electron chi connectivity index (χ3n) is 1.84. The van der Waals surface area contributed by atoms with Crippen LogP contribution in [0.5, 0.6) is 0 Å². The van der Waals surface area contributed by atoms with E-state index >= 15 is 0 Å². The molecule has 0 saturated carbocycles. The molecule has 3 N–H and O–H groups in total. The lowest BCUT2D eigenvalue weighted by molar-refractivity contribution is 1.60. The van der Waals surface area contributed by atoms with E-state index in [4.69, 9.17) is 28.9 Å². The van der Waals surface area contributed by atoms with Crippen LogP contribution in [0.25, 0.3) is 0 Å². The van der Waals surface area contributed by atoms with Gasteiger partial charge in [0.1, 0.15) is 0 Å². The summed E-state index contributed by atoms with van der Waals surface area (Å²) < 4.78 is 0.741. The molecule has 0 amide bonds. The minimum atomic E-state index is 0.618. The SMILES string of the molecule is Nc1cc(Cl)ccc1Nc1ccc(Cl)s1. The van der Waals surface area contributed by atoms with E-state index in [-0.39, 0.29) is 0 Å². The third kappa shape index (κ3) is 2.56. The summed E-state index contributed by atoms with van der Waals surface area (Å²) in [5.41, 5.74) is 7.25. The Balaban J connectivity index is 2.24. The number of nitrogen functional groups attached to an aromatic ring is 1. The maximum Gasteiger partial charge on any atom is 0.0950 e. The minimum Gasteiger partial charge on any atom is -0.397 e. The minimum absolute atomic E-state index is 0.618. The van der Waals surface area contributed by atoms with Crippen molar-refractivity contribution >= 4 is 50.9 Å². The highest BCUT2D eigenvalue weighted by atomic mass is 35.5. The highest BCUT2D eigenvalue weighted by Crippen LogP contribution is 2.31. The van der Waals surface area contributed by atoms with Crippen molar-refractivity contribution in [2.45, 2.75) is 0 Å². The van der Waals surface area contributed by atoms with Crippen LogP contribution >= 0.6 is 34.5 Å². The number of hydrogen-bond acceptors (Lipinski definition) is 3. The Kier molecular flexibility index (Phi) is 3.05. The van der Waals surface area contributed by atoms with Gasteiger partial charge in [-0.2, -0.15) is 0 Å². The monoisotopic (exact) mass is 258 g/mol. The summed E-state index contributed by atoms with van der Waals surface area (Å²) in [6.45, 7) is 0. The van der Waals surface area contributed by atoms with Gasteiger partial charge < -0.3 is 11.1 Å². The summed E-state index contributed by atoms with van der Waals surface area (Å²) in [6.07, 6.45) is 0. The molecule has 2 aromatic rings. The lowest BCUT2D eigenvalue weighted by Crippen LogP contribution is -1.94. The Bertz CT molecular complexity index is 482. The number of benzene rings is 1. The first kappa shape index (κ1) is 10.6. The molecule has 2 nitrogen and oxygen atoms in total. The van der Waals surface area contributed by atoms with Crippen molar-refractivity contribution in [3.05, 3.63) is 39.7 Å². The molecule has 0 aliphatic rings. The van der Waals surface area contributed by atoms with Crippen molar-refractivity contribution < 1.29 is 0 Å². The molecule has 15 heavy (non-hydrogen) atoms. The van der Waals surface area contributed by atoms with E-state index in [0.29, 0.717) is 10.7 Å². The second kappa shape index (κ2) is 4.31. The third-order valence-corrected chi connectivity index (χ3v) is 3.23. The van der Waals surface area contributed by atoms with Crippen molar-refractivity contribution in [1.82, 2.24) is 0 Å².